The molecular weight excluding hydrogens is 420 g/mol. The molecule has 1 saturated heterocycles. The third-order valence-electron chi connectivity index (χ3n) is 3.84. The molecule has 2 rings (SSSR count). The molecule has 1 aromatic rings. The Morgan fingerprint density at radius 3 is 2.48 bits per heavy atom. The van der Waals surface area contributed by atoms with Gasteiger partial charge in [-0.2, -0.15) is 0 Å². The zero-order valence-corrected chi connectivity index (χ0v) is 16.2. The highest BCUT2D eigenvalue weighted by atomic mass is 79.9. The van der Waals surface area contributed by atoms with Crippen LogP contribution in [-0.4, -0.2) is 39.0 Å². The molecular formula is C14H20Br2N2O2S. The molecule has 1 unspecified atom stereocenters. The molecule has 0 saturated carbocycles. The van der Waals surface area contributed by atoms with Gasteiger partial charge in [0.25, 0.3) is 0 Å². The van der Waals surface area contributed by atoms with Gasteiger partial charge in [-0.15, -0.1) is 0 Å². The lowest BCUT2D eigenvalue weighted by Crippen LogP contribution is -2.40. The number of aryl methyl sites for hydroxylation is 1. The Morgan fingerprint density at radius 1 is 1.24 bits per heavy atom. The Labute approximate surface area is 143 Å². The van der Waals surface area contributed by atoms with Gasteiger partial charge >= 0.3 is 0 Å². The average Bonchev–Trinajstić information content (AvgIpc) is 2.94. The molecule has 118 valence electrons. The van der Waals surface area contributed by atoms with E-state index in [1.807, 2.05) is 13.0 Å². The molecule has 0 radical (unpaired) electrons. The summed E-state index contributed by atoms with van der Waals surface area (Å²) in [7, 11) is -3.51. The summed E-state index contributed by atoms with van der Waals surface area (Å²) >= 11 is 6.73. The predicted octanol–water partition coefficient (Wildman–Crippen LogP) is 3.28. The van der Waals surface area contributed by atoms with Crippen LogP contribution in [0.25, 0.3) is 0 Å². The van der Waals surface area contributed by atoms with Crippen LogP contribution in [0.15, 0.2) is 26.0 Å². The quantitative estimate of drug-likeness (QED) is 0.765. The van der Waals surface area contributed by atoms with Gasteiger partial charge in [-0.3, -0.25) is 4.90 Å². The first-order valence-corrected chi connectivity index (χ1v) is 10.1. The van der Waals surface area contributed by atoms with E-state index in [1.54, 1.807) is 6.07 Å². The van der Waals surface area contributed by atoms with Gasteiger partial charge in [0.15, 0.2) is 0 Å². The highest BCUT2D eigenvalue weighted by Gasteiger charge is 2.23. The Kier molecular flexibility index (Phi) is 5.87. The first kappa shape index (κ1) is 17.4. The van der Waals surface area contributed by atoms with Crippen molar-refractivity contribution in [2.24, 2.45) is 0 Å². The average molecular weight is 440 g/mol. The number of sulfonamides is 1. The SMILES string of the molecule is Cc1cc(Br)c(S(=O)(=O)NCC(C)N2CCCC2)cc1Br. The highest BCUT2D eigenvalue weighted by molar-refractivity contribution is 9.11. The molecule has 0 amide bonds. The molecule has 1 N–H and O–H groups in total. The summed E-state index contributed by atoms with van der Waals surface area (Å²) in [5, 5.41) is 0. The molecule has 0 spiro atoms. The van der Waals surface area contributed by atoms with Gasteiger partial charge in [0.2, 0.25) is 10.0 Å². The van der Waals surface area contributed by atoms with E-state index in [4.69, 9.17) is 0 Å². The van der Waals surface area contributed by atoms with Crippen LogP contribution in [0.4, 0.5) is 0 Å². The maximum Gasteiger partial charge on any atom is 0.241 e. The number of benzene rings is 1. The van der Waals surface area contributed by atoms with Gasteiger partial charge in [0.05, 0.1) is 4.90 Å². The van der Waals surface area contributed by atoms with Crippen molar-refractivity contribution < 1.29 is 8.42 Å². The topological polar surface area (TPSA) is 49.4 Å². The lowest BCUT2D eigenvalue weighted by atomic mass is 10.2. The van der Waals surface area contributed by atoms with Gasteiger partial charge in [0.1, 0.15) is 0 Å². The van der Waals surface area contributed by atoms with Crippen molar-refractivity contribution in [1.82, 2.24) is 9.62 Å². The van der Waals surface area contributed by atoms with Gasteiger partial charge in [0, 0.05) is 21.5 Å². The molecule has 4 nitrogen and oxygen atoms in total. The second-order valence-corrected chi connectivity index (χ2v) is 8.92. The molecule has 21 heavy (non-hydrogen) atoms. The van der Waals surface area contributed by atoms with Crippen molar-refractivity contribution in [1.29, 1.82) is 0 Å². The van der Waals surface area contributed by atoms with E-state index >= 15 is 0 Å². The molecule has 0 aliphatic carbocycles. The summed E-state index contributed by atoms with van der Waals surface area (Å²) in [6.07, 6.45) is 2.40. The summed E-state index contributed by atoms with van der Waals surface area (Å²) < 4.78 is 29.0. The van der Waals surface area contributed by atoms with E-state index in [-0.39, 0.29) is 10.9 Å². The van der Waals surface area contributed by atoms with Gasteiger partial charge < -0.3 is 0 Å². The van der Waals surface area contributed by atoms with Crippen molar-refractivity contribution in [2.45, 2.75) is 37.6 Å². The van der Waals surface area contributed by atoms with Crippen LogP contribution in [0.2, 0.25) is 0 Å². The van der Waals surface area contributed by atoms with Crippen molar-refractivity contribution in [3.05, 3.63) is 26.6 Å². The normalized spacial score (nSPS) is 18.1. The summed E-state index contributed by atoms with van der Waals surface area (Å²) in [4.78, 5) is 2.59. The molecule has 1 aromatic carbocycles. The molecule has 0 aromatic heterocycles. The van der Waals surface area contributed by atoms with E-state index in [2.05, 4.69) is 48.4 Å². The number of hydrogen-bond donors (Lipinski definition) is 1. The first-order valence-electron chi connectivity index (χ1n) is 7.00. The lowest BCUT2D eigenvalue weighted by molar-refractivity contribution is 0.260. The number of rotatable bonds is 5. The molecule has 1 heterocycles. The molecule has 7 heteroatoms. The number of likely N-dealkylation sites (tertiary alicyclic amines) is 1. The molecule has 1 aliphatic rings. The Balaban J connectivity index is 2.09. The number of halogens is 2. The van der Waals surface area contributed by atoms with Crippen LogP contribution in [0.3, 0.4) is 0 Å². The molecule has 1 aliphatic heterocycles. The van der Waals surface area contributed by atoms with Crippen molar-refractivity contribution in [3.8, 4) is 0 Å². The van der Waals surface area contributed by atoms with Crippen LogP contribution in [0, 0.1) is 6.92 Å². The maximum absolute atomic E-state index is 12.5. The molecule has 0 bridgehead atoms. The molecule has 1 atom stereocenters. The summed E-state index contributed by atoms with van der Waals surface area (Å²) in [6, 6.07) is 3.67. The van der Waals surface area contributed by atoms with E-state index in [0.717, 1.165) is 23.1 Å². The van der Waals surface area contributed by atoms with Gasteiger partial charge in [-0.25, -0.2) is 13.1 Å². The first-order chi connectivity index (χ1) is 9.81. The summed E-state index contributed by atoms with van der Waals surface area (Å²) in [5.41, 5.74) is 0.992. The Bertz CT molecular complexity index is 614. The second kappa shape index (κ2) is 7.08. The smallest absolute Gasteiger partial charge is 0.241 e. The Hall–Kier alpha value is 0.0500. The zero-order valence-electron chi connectivity index (χ0n) is 12.2. The maximum atomic E-state index is 12.5. The minimum atomic E-state index is -3.51. The van der Waals surface area contributed by atoms with Crippen LogP contribution in [0.5, 0.6) is 0 Å². The van der Waals surface area contributed by atoms with Crippen LogP contribution >= 0.6 is 31.9 Å². The fourth-order valence-electron chi connectivity index (χ4n) is 2.45. The zero-order chi connectivity index (χ0) is 15.6. The van der Waals surface area contributed by atoms with E-state index in [0.29, 0.717) is 11.0 Å². The fourth-order valence-corrected chi connectivity index (χ4v) is 5.25. The standard InChI is InChI=1S/C14H20Br2N2O2S/c1-10-7-13(16)14(8-12(10)15)21(19,20)17-9-11(2)18-5-3-4-6-18/h7-8,11,17H,3-6,9H2,1-2H3. The van der Waals surface area contributed by atoms with Crippen LogP contribution in [-0.2, 0) is 10.0 Å². The summed E-state index contributed by atoms with van der Waals surface area (Å²) in [5.74, 6) is 0. The predicted molar refractivity (Wildman–Crippen MR) is 92.0 cm³/mol. The second-order valence-electron chi connectivity index (χ2n) is 5.48. The largest absolute Gasteiger partial charge is 0.299 e. The van der Waals surface area contributed by atoms with Crippen molar-refractivity contribution in [2.75, 3.05) is 19.6 Å². The van der Waals surface area contributed by atoms with Crippen LogP contribution in [0.1, 0.15) is 25.3 Å². The van der Waals surface area contributed by atoms with E-state index in [9.17, 15) is 8.42 Å². The van der Waals surface area contributed by atoms with E-state index < -0.39 is 10.0 Å². The number of nitrogens with zero attached hydrogens (tertiary/aromatic N) is 1. The molecule has 1 fully saturated rings. The van der Waals surface area contributed by atoms with Gasteiger partial charge in [-0.1, -0.05) is 15.9 Å². The van der Waals surface area contributed by atoms with Crippen molar-refractivity contribution in [3.63, 3.8) is 0 Å². The minimum absolute atomic E-state index is 0.218. The van der Waals surface area contributed by atoms with Gasteiger partial charge in [-0.05, 0) is 73.4 Å². The highest BCUT2D eigenvalue weighted by Crippen LogP contribution is 2.28. The lowest BCUT2D eigenvalue weighted by Gasteiger charge is -2.24. The number of hydrogen-bond acceptors (Lipinski definition) is 3. The third-order valence-corrected chi connectivity index (χ3v) is 7.07. The minimum Gasteiger partial charge on any atom is -0.299 e. The van der Waals surface area contributed by atoms with Crippen molar-refractivity contribution >= 4 is 41.9 Å². The monoisotopic (exact) mass is 438 g/mol. The fraction of sp³-hybridized carbons (Fsp3) is 0.571. The summed E-state index contributed by atoms with van der Waals surface area (Å²) in [6.45, 7) is 6.54. The number of nitrogens with one attached hydrogen (secondary N) is 1. The van der Waals surface area contributed by atoms with Crippen LogP contribution < -0.4 is 4.72 Å². The third kappa shape index (κ3) is 4.28. The Morgan fingerprint density at radius 2 is 1.86 bits per heavy atom. The van der Waals surface area contributed by atoms with E-state index in [1.165, 1.54) is 12.8 Å².